The van der Waals surface area contributed by atoms with Gasteiger partial charge in [0.05, 0.1) is 5.69 Å². The molecule has 0 aliphatic heterocycles. The monoisotopic (exact) mass is 182 g/mol. The van der Waals surface area contributed by atoms with Gasteiger partial charge in [-0.3, -0.25) is 4.68 Å². The molecule has 4 heteroatoms. The summed E-state index contributed by atoms with van der Waals surface area (Å²) in [5, 5.41) is 4.28. The molecule has 1 aromatic heterocycles. The maximum atomic E-state index is 5.92. The van der Waals surface area contributed by atoms with E-state index in [1.165, 1.54) is 0 Å². The van der Waals surface area contributed by atoms with Crippen LogP contribution in [0.5, 0.6) is 0 Å². The minimum Gasteiger partial charge on any atom is -0.326 e. The smallest absolute Gasteiger partial charge is 0.0640 e. The molecule has 0 fully saturated rings. The Bertz CT molecular complexity index is 254. The summed E-state index contributed by atoms with van der Waals surface area (Å²) < 4.78 is 1.80. The Morgan fingerprint density at radius 3 is 2.77 bits per heavy atom. The van der Waals surface area contributed by atoms with Crippen LogP contribution in [0, 0.1) is 0 Å². The van der Waals surface area contributed by atoms with Crippen molar-refractivity contribution in [1.29, 1.82) is 0 Å². The summed E-state index contributed by atoms with van der Waals surface area (Å²) >= 11 is 0. The summed E-state index contributed by atoms with van der Waals surface area (Å²) in [5.41, 5.74) is 6.99. The maximum absolute atomic E-state index is 5.92. The molecule has 0 bridgehead atoms. The Kier molecular flexibility index (Phi) is 3.45. The van der Waals surface area contributed by atoms with Crippen LogP contribution in [0.4, 0.5) is 0 Å². The molecule has 4 nitrogen and oxygen atoms in total. The lowest BCUT2D eigenvalue weighted by atomic mass is 10.1. The van der Waals surface area contributed by atoms with Gasteiger partial charge in [-0.05, 0) is 20.2 Å². The lowest BCUT2D eigenvalue weighted by molar-refractivity contribution is 0.370. The Hall–Kier alpha value is -0.870. The molecular formula is C9H18N4. The van der Waals surface area contributed by atoms with Crippen LogP contribution in [-0.2, 0) is 13.5 Å². The van der Waals surface area contributed by atoms with Crippen LogP contribution in [-0.4, -0.2) is 41.4 Å². The van der Waals surface area contributed by atoms with Crippen LogP contribution in [0.2, 0.25) is 0 Å². The molecular weight excluding hydrogens is 164 g/mol. The van der Waals surface area contributed by atoms with Crippen molar-refractivity contribution >= 4 is 0 Å². The Morgan fingerprint density at radius 1 is 1.62 bits per heavy atom. The van der Waals surface area contributed by atoms with Crippen LogP contribution in [0.25, 0.3) is 0 Å². The first-order valence-electron chi connectivity index (χ1n) is 4.47. The van der Waals surface area contributed by atoms with Crippen molar-refractivity contribution in [3.05, 3.63) is 18.0 Å². The lowest BCUT2D eigenvalue weighted by Crippen LogP contribution is -2.35. The molecule has 0 spiro atoms. The summed E-state index contributed by atoms with van der Waals surface area (Å²) in [5.74, 6) is 0. The fourth-order valence-corrected chi connectivity index (χ4v) is 1.37. The molecule has 1 unspecified atom stereocenters. The number of likely N-dealkylation sites (N-methyl/N-ethyl adjacent to an activating group) is 1. The summed E-state index contributed by atoms with van der Waals surface area (Å²) in [6.45, 7) is 0.899. The van der Waals surface area contributed by atoms with Crippen molar-refractivity contribution in [2.45, 2.75) is 12.5 Å². The highest BCUT2D eigenvalue weighted by atomic mass is 15.2. The molecule has 0 amide bonds. The van der Waals surface area contributed by atoms with Gasteiger partial charge in [-0.15, -0.1) is 0 Å². The first kappa shape index (κ1) is 10.2. The van der Waals surface area contributed by atoms with E-state index in [0.717, 1.165) is 18.7 Å². The SMILES string of the molecule is CN(C)CC(N)Cc1ccn(C)n1. The molecule has 0 aliphatic carbocycles. The summed E-state index contributed by atoms with van der Waals surface area (Å²) in [7, 11) is 5.97. The van der Waals surface area contributed by atoms with Crippen molar-refractivity contribution in [1.82, 2.24) is 14.7 Å². The molecule has 74 valence electrons. The average Bonchev–Trinajstić information content (AvgIpc) is 2.33. The minimum atomic E-state index is 0.171. The third-order valence-corrected chi connectivity index (χ3v) is 1.84. The first-order valence-corrected chi connectivity index (χ1v) is 4.47. The lowest BCUT2D eigenvalue weighted by Gasteiger charge is -2.15. The Balaban J connectivity index is 2.40. The van der Waals surface area contributed by atoms with Crippen molar-refractivity contribution in [3.63, 3.8) is 0 Å². The molecule has 2 N–H and O–H groups in total. The van der Waals surface area contributed by atoms with Gasteiger partial charge in [-0.25, -0.2) is 0 Å². The topological polar surface area (TPSA) is 47.1 Å². The highest BCUT2D eigenvalue weighted by molar-refractivity contribution is 5.01. The number of rotatable bonds is 4. The summed E-state index contributed by atoms with van der Waals surface area (Å²) in [4.78, 5) is 2.09. The largest absolute Gasteiger partial charge is 0.326 e. The van der Waals surface area contributed by atoms with E-state index in [9.17, 15) is 0 Å². The zero-order valence-electron chi connectivity index (χ0n) is 8.57. The quantitative estimate of drug-likeness (QED) is 0.704. The van der Waals surface area contributed by atoms with Crippen LogP contribution < -0.4 is 5.73 Å². The van der Waals surface area contributed by atoms with E-state index >= 15 is 0 Å². The van der Waals surface area contributed by atoms with Crippen LogP contribution in [0.15, 0.2) is 12.3 Å². The minimum absolute atomic E-state index is 0.171. The second-order valence-electron chi connectivity index (χ2n) is 3.71. The van der Waals surface area contributed by atoms with Crippen LogP contribution in [0.1, 0.15) is 5.69 Å². The average molecular weight is 182 g/mol. The normalized spacial score (nSPS) is 13.6. The van der Waals surface area contributed by atoms with E-state index in [4.69, 9.17) is 5.73 Å². The van der Waals surface area contributed by atoms with Gasteiger partial charge in [0.2, 0.25) is 0 Å². The molecule has 0 saturated carbocycles. The van der Waals surface area contributed by atoms with Gasteiger partial charge >= 0.3 is 0 Å². The third kappa shape index (κ3) is 3.57. The molecule has 1 rings (SSSR count). The first-order chi connectivity index (χ1) is 6.08. The van der Waals surface area contributed by atoms with Gasteiger partial charge in [-0.2, -0.15) is 5.10 Å². The van der Waals surface area contributed by atoms with Crippen molar-refractivity contribution < 1.29 is 0 Å². The highest BCUT2D eigenvalue weighted by Crippen LogP contribution is 1.98. The van der Waals surface area contributed by atoms with E-state index in [1.54, 1.807) is 4.68 Å². The highest BCUT2D eigenvalue weighted by Gasteiger charge is 2.06. The molecule has 0 saturated heterocycles. The number of nitrogens with two attached hydrogens (primary N) is 1. The number of hydrogen-bond acceptors (Lipinski definition) is 3. The molecule has 0 aromatic carbocycles. The standard InChI is InChI=1S/C9H18N4/c1-12(2)7-8(10)6-9-4-5-13(3)11-9/h4-5,8H,6-7,10H2,1-3H3. The molecule has 13 heavy (non-hydrogen) atoms. The Labute approximate surface area is 79.3 Å². The molecule has 0 aliphatic rings. The second-order valence-corrected chi connectivity index (χ2v) is 3.71. The van der Waals surface area contributed by atoms with E-state index in [0.29, 0.717) is 0 Å². The van der Waals surface area contributed by atoms with E-state index in [-0.39, 0.29) is 6.04 Å². The van der Waals surface area contributed by atoms with E-state index in [2.05, 4.69) is 10.00 Å². The van der Waals surface area contributed by atoms with Crippen molar-refractivity contribution in [3.8, 4) is 0 Å². The van der Waals surface area contributed by atoms with Gasteiger partial charge in [0.15, 0.2) is 0 Å². The summed E-state index contributed by atoms with van der Waals surface area (Å²) in [6.07, 6.45) is 2.79. The predicted molar refractivity (Wildman–Crippen MR) is 53.4 cm³/mol. The molecule has 1 aromatic rings. The van der Waals surface area contributed by atoms with Gasteiger partial charge in [-0.1, -0.05) is 0 Å². The number of nitrogens with zero attached hydrogens (tertiary/aromatic N) is 3. The van der Waals surface area contributed by atoms with Crippen LogP contribution >= 0.6 is 0 Å². The second kappa shape index (κ2) is 4.39. The molecule has 0 radical (unpaired) electrons. The van der Waals surface area contributed by atoms with Crippen molar-refractivity contribution in [2.75, 3.05) is 20.6 Å². The predicted octanol–water partition coefficient (Wildman–Crippen LogP) is -0.148. The maximum Gasteiger partial charge on any atom is 0.0640 e. The fraction of sp³-hybridized carbons (Fsp3) is 0.667. The number of aromatic nitrogens is 2. The fourth-order valence-electron chi connectivity index (χ4n) is 1.37. The van der Waals surface area contributed by atoms with Gasteiger partial charge in [0.25, 0.3) is 0 Å². The van der Waals surface area contributed by atoms with E-state index < -0.39 is 0 Å². The van der Waals surface area contributed by atoms with Gasteiger partial charge < -0.3 is 10.6 Å². The van der Waals surface area contributed by atoms with Crippen molar-refractivity contribution in [2.24, 2.45) is 12.8 Å². The van der Waals surface area contributed by atoms with Gasteiger partial charge in [0.1, 0.15) is 0 Å². The van der Waals surface area contributed by atoms with Crippen LogP contribution in [0.3, 0.4) is 0 Å². The summed E-state index contributed by atoms with van der Waals surface area (Å²) in [6, 6.07) is 2.18. The zero-order chi connectivity index (χ0) is 9.84. The Morgan fingerprint density at radius 2 is 2.31 bits per heavy atom. The van der Waals surface area contributed by atoms with E-state index in [1.807, 2.05) is 33.4 Å². The number of aryl methyl sites for hydroxylation is 1. The molecule has 1 heterocycles. The third-order valence-electron chi connectivity index (χ3n) is 1.84. The van der Waals surface area contributed by atoms with Gasteiger partial charge in [0, 0.05) is 32.3 Å². The molecule has 1 atom stereocenters. The number of hydrogen-bond donors (Lipinski definition) is 1. The zero-order valence-corrected chi connectivity index (χ0v) is 8.57.